The highest BCUT2D eigenvalue weighted by molar-refractivity contribution is 6.36. The Bertz CT molecular complexity index is 846. The molecule has 0 radical (unpaired) electrons. The molecule has 0 amide bonds. The van der Waals surface area contributed by atoms with Gasteiger partial charge in [-0.25, -0.2) is 9.37 Å². The van der Waals surface area contributed by atoms with Crippen LogP contribution < -0.4 is 5.73 Å². The third kappa shape index (κ3) is 3.39. The van der Waals surface area contributed by atoms with Crippen molar-refractivity contribution in [1.82, 2.24) is 9.55 Å². The van der Waals surface area contributed by atoms with Crippen molar-refractivity contribution in [2.45, 2.75) is 13.1 Å². The lowest BCUT2D eigenvalue weighted by atomic mass is 10.1. The molecule has 0 saturated carbocycles. The maximum atomic E-state index is 13.3. The van der Waals surface area contributed by atoms with Crippen LogP contribution in [-0.4, -0.2) is 9.55 Å². The fraction of sp³-hybridized carbons (Fsp3) is 0.118. The van der Waals surface area contributed by atoms with Gasteiger partial charge in [0.25, 0.3) is 0 Å². The zero-order valence-corrected chi connectivity index (χ0v) is 13.7. The van der Waals surface area contributed by atoms with Gasteiger partial charge in [0.05, 0.1) is 22.7 Å². The molecule has 0 spiro atoms. The monoisotopic (exact) mass is 349 g/mol. The van der Waals surface area contributed by atoms with Crippen molar-refractivity contribution in [2.75, 3.05) is 0 Å². The Kier molecular flexibility index (Phi) is 4.66. The molecule has 2 aromatic carbocycles. The molecule has 1 heterocycles. The standard InChI is InChI=1S/C17H14Cl2FN3/c18-12-4-5-14(15(19)7-12)17-16(8-21)23(10-22-17)9-11-2-1-3-13(20)6-11/h1-7,10H,8-9,21H2. The molecule has 0 aliphatic carbocycles. The van der Waals surface area contributed by atoms with Gasteiger partial charge in [0.15, 0.2) is 0 Å². The molecule has 0 saturated heterocycles. The molecule has 6 heteroatoms. The van der Waals surface area contributed by atoms with E-state index in [-0.39, 0.29) is 5.82 Å². The van der Waals surface area contributed by atoms with Gasteiger partial charge in [0.2, 0.25) is 0 Å². The highest BCUT2D eigenvalue weighted by atomic mass is 35.5. The number of aromatic nitrogens is 2. The number of rotatable bonds is 4. The molecule has 3 aromatic rings. The van der Waals surface area contributed by atoms with Crippen LogP contribution in [0.3, 0.4) is 0 Å². The summed E-state index contributed by atoms with van der Waals surface area (Å²) in [4.78, 5) is 4.43. The predicted octanol–water partition coefficient (Wildman–Crippen LogP) is 4.50. The van der Waals surface area contributed by atoms with Gasteiger partial charge < -0.3 is 10.3 Å². The van der Waals surface area contributed by atoms with E-state index in [2.05, 4.69) is 4.98 Å². The molecule has 0 atom stereocenters. The number of nitrogens with zero attached hydrogens (tertiary/aromatic N) is 2. The Morgan fingerprint density at radius 1 is 1.13 bits per heavy atom. The van der Waals surface area contributed by atoms with Gasteiger partial charge in [-0.1, -0.05) is 35.3 Å². The number of hydrogen-bond donors (Lipinski definition) is 1. The fourth-order valence-electron chi connectivity index (χ4n) is 2.50. The summed E-state index contributed by atoms with van der Waals surface area (Å²) < 4.78 is 15.2. The van der Waals surface area contributed by atoms with E-state index in [0.29, 0.717) is 28.8 Å². The van der Waals surface area contributed by atoms with Gasteiger partial charge >= 0.3 is 0 Å². The topological polar surface area (TPSA) is 43.8 Å². The van der Waals surface area contributed by atoms with Gasteiger partial charge in [-0.3, -0.25) is 0 Å². The Labute approximate surface area is 143 Å². The zero-order valence-electron chi connectivity index (χ0n) is 12.1. The van der Waals surface area contributed by atoms with Crippen LogP contribution >= 0.6 is 23.2 Å². The second kappa shape index (κ2) is 6.71. The van der Waals surface area contributed by atoms with Crippen LogP contribution in [0, 0.1) is 5.82 Å². The number of nitrogens with two attached hydrogens (primary N) is 1. The Hall–Kier alpha value is -1.88. The summed E-state index contributed by atoms with van der Waals surface area (Å²) in [6.45, 7) is 0.784. The molecular formula is C17H14Cl2FN3. The molecule has 0 unspecified atom stereocenters. The van der Waals surface area contributed by atoms with E-state index >= 15 is 0 Å². The van der Waals surface area contributed by atoms with E-state index in [0.717, 1.165) is 16.8 Å². The first-order valence-corrected chi connectivity index (χ1v) is 7.78. The average Bonchev–Trinajstić information content (AvgIpc) is 2.89. The zero-order chi connectivity index (χ0) is 16.4. The van der Waals surface area contributed by atoms with Crippen LogP contribution in [0.15, 0.2) is 48.8 Å². The summed E-state index contributed by atoms with van der Waals surface area (Å²) >= 11 is 12.2. The molecule has 0 aliphatic heterocycles. The molecule has 0 fully saturated rings. The van der Waals surface area contributed by atoms with Crippen LogP contribution in [0.2, 0.25) is 10.0 Å². The first-order valence-electron chi connectivity index (χ1n) is 7.02. The van der Waals surface area contributed by atoms with Crippen LogP contribution in [0.1, 0.15) is 11.3 Å². The van der Waals surface area contributed by atoms with E-state index in [1.165, 1.54) is 12.1 Å². The lowest BCUT2D eigenvalue weighted by molar-refractivity contribution is 0.622. The number of benzene rings is 2. The van der Waals surface area contributed by atoms with E-state index < -0.39 is 0 Å². The fourth-order valence-corrected chi connectivity index (χ4v) is 2.99. The molecule has 1 aromatic heterocycles. The maximum Gasteiger partial charge on any atom is 0.123 e. The summed E-state index contributed by atoms with van der Waals surface area (Å²) in [5.74, 6) is -0.266. The SMILES string of the molecule is NCc1c(-c2ccc(Cl)cc2Cl)ncn1Cc1cccc(F)c1. The molecular weight excluding hydrogens is 336 g/mol. The quantitative estimate of drug-likeness (QED) is 0.753. The number of hydrogen-bond acceptors (Lipinski definition) is 2. The molecule has 3 rings (SSSR count). The maximum absolute atomic E-state index is 13.3. The molecule has 23 heavy (non-hydrogen) atoms. The average molecular weight is 350 g/mol. The highest BCUT2D eigenvalue weighted by Crippen LogP contribution is 2.31. The van der Waals surface area contributed by atoms with Crippen molar-refractivity contribution in [3.63, 3.8) is 0 Å². The predicted molar refractivity (Wildman–Crippen MR) is 91.1 cm³/mol. The van der Waals surface area contributed by atoms with Crippen molar-refractivity contribution < 1.29 is 4.39 Å². The summed E-state index contributed by atoms with van der Waals surface area (Å²) in [5, 5.41) is 1.08. The van der Waals surface area contributed by atoms with Gasteiger partial charge in [0, 0.05) is 23.7 Å². The van der Waals surface area contributed by atoms with E-state index in [1.54, 1.807) is 24.5 Å². The van der Waals surface area contributed by atoms with E-state index in [4.69, 9.17) is 28.9 Å². The largest absolute Gasteiger partial charge is 0.328 e. The first kappa shape index (κ1) is 16.0. The third-order valence-corrected chi connectivity index (χ3v) is 4.12. The van der Waals surface area contributed by atoms with E-state index in [1.807, 2.05) is 16.7 Å². The number of imidazole rings is 1. The highest BCUT2D eigenvalue weighted by Gasteiger charge is 2.15. The molecule has 2 N–H and O–H groups in total. The van der Waals surface area contributed by atoms with Crippen molar-refractivity contribution in [2.24, 2.45) is 5.73 Å². The minimum atomic E-state index is -0.266. The van der Waals surface area contributed by atoms with Crippen molar-refractivity contribution in [1.29, 1.82) is 0 Å². The Morgan fingerprint density at radius 2 is 1.96 bits per heavy atom. The second-order valence-corrected chi connectivity index (χ2v) is 5.97. The first-order chi connectivity index (χ1) is 11.1. The smallest absolute Gasteiger partial charge is 0.123 e. The minimum Gasteiger partial charge on any atom is -0.328 e. The van der Waals surface area contributed by atoms with Crippen LogP contribution in [0.5, 0.6) is 0 Å². The lowest BCUT2D eigenvalue weighted by Gasteiger charge is -2.09. The second-order valence-electron chi connectivity index (χ2n) is 5.13. The normalized spacial score (nSPS) is 11.0. The summed E-state index contributed by atoms with van der Waals surface area (Å²) in [5.41, 5.74) is 9.05. The Balaban J connectivity index is 1.99. The molecule has 3 nitrogen and oxygen atoms in total. The van der Waals surface area contributed by atoms with Gasteiger partial charge in [0.1, 0.15) is 5.82 Å². The Morgan fingerprint density at radius 3 is 2.65 bits per heavy atom. The van der Waals surface area contributed by atoms with Gasteiger partial charge in [-0.05, 0) is 35.9 Å². The minimum absolute atomic E-state index is 0.266. The van der Waals surface area contributed by atoms with E-state index in [9.17, 15) is 4.39 Å². The van der Waals surface area contributed by atoms with Crippen LogP contribution in [0.25, 0.3) is 11.3 Å². The van der Waals surface area contributed by atoms with Crippen molar-refractivity contribution in [3.8, 4) is 11.3 Å². The summed E-state index contributed by atoms with van der Waals surface area (Å²) in [7, 11) is 0. The van der Waals surface area contributed by atoms with Gasteiger partial charge in [-0.2, -0.15) is 0 Å². The third-order valence-electron chi connectivity index (χ3n) is 3.57. The molecule has 0 aliphatic rings. The van der Waals surface area contributed by atoms with Crippen LogP contribution in [-0.2, 0) is 13.1 Å². The molecule has 0 bridgehead atoms. The lowest BCUT2D eigenvalue weighted by Crippen LogP contribution is -2.09. The van der Waals surface area contributed by atoms with Crippen LogP contribution in [0.4, 0.5) is 4.39 Å². The van der Waals surface area contributed by atoms with Gasteiger partial charge in [-0.15, -0.1) is 0 Å². The van der Waals surface area contributed by atoms with Crippen molar-refractivity contribution in [3.05, 3.63) is 75.9 Å². The van der Waals surface area contributed by atoms with Crippen molar-refractivity contribution >= 4 is 23.2 Å². The number of halogens is 3. The summed E-state index contributed by atoms with van der Waals surface area (Å²) in [6.07, 6.45) is 1.69. The molecule has 118 valence electrons. The summed E-state index contributed by atoms with van der Waals surface area (Å²) in [6, 6.07) is 11.7.